The number of amides is 1. The lowest BCUT2D eigenvalue weighted by atomic mass is 10.00. The third-order valence-electron chi connectivity index (χ3n) is 6.09. The minimum absolute atomic E-state index is 0.00464. The summed E-state index contributed by atoms with van der Waals surface area (Å²) in [4.78, 5) is 25.2. The van der Waals surface area contributed by atoms with Gasteiger partial charge in [0.25, 0.3) is 0 Å². The molecular weight excluding hydrogens is 533 g/mol. The zero-order chi connectivity index (χ0) is 27.7. The number of aliphatic hydroxyl groups is 1. The average molecular weight is 563 g/mol. The van der Waals surface area contributed by atoms with Crippen LogP contribution in [0.4, 0.5) is 8.78 Å². The van der Waals surface area contributed by atoms with Gasteiger partial charge in [-0.3, -0.25) is 9.59 Å². The molecule has 0 radical (unpaired) electrons. The first-order chi connectivity index (χ1) is 18.1. The van der Waals surface area contributed by atoms with Gasteiger partial charge in [-0.05, 0) is 59.9 Å². The molecule has 2 atom stereocenters. The number of carbonyl (C=O) groups excluding carboxylic acids is 2. The van der Waals surface area contributed by atoms with Crippen molar-refractivity contribution in [2.75, 3.05) is 6.54 Å². The molecule has 0 saturated heterocycles. The van der Waals surface area contributed by atoms with E-state index in [0.29, 0.717) is 17.1 Å². The molecule has 0 heterocycles. The normalized spacial score (nSPS) is 12.7. The Labute approximate surface area is 231 Å². The molecule has 1 amide bonds. The number of hydrogen-bond donors (Lipinski definition) is 3. The van der Waals surface area contributed by atoms with Gasteiger partial charge in [0.05, 0.1) is 22.2 Å². The minimum Gasteiger partial charge on any atom is -0.390 e. The third kappa shape index (κ3) is 9.17. The molecule has 202 valence electrons. The second kappa shape index (κ2) is 14.4. The molecule has 3 rings (SSSR count). The maximum absolute atomic E-state index is 13.8. The van der Waals surface area contributed by atoms with Crippen LogP contribution in [0.2, 0.25) is 10.0 Å². The highest BCUT2D eigenvalue weighted by Crippen LogP contribution is 2.23. The Morgan fingerprint density at radius 3 is 2.29 bits per heavy atom. The molecule has 38 heavy (non-hydrogen) atoms. The van der Waals surface area contributed by atoms with Crippen molar-refractivity contribution in [3.8, 4) is 0 Å². The predicted octanol–water partition coefficient (Wildman–Crippen LogP) is 5.68. The van der Waals surface area contributed by atoms with E-state index in [4.69, 9.17) is 23.2 Å². The smallest absolute Gasteiger partial charge is 0.220 e. The molecule has 0 bridgehead atoms. The number of carbonyl (C=O) groups is 2. The maximum atomic E-state index is 13.8. The lowest BCUT2D eigenvalue weighted by Crippen LogP contribution is -2.48. The molecule has 0 fully saturated rings. The van der Waals surface area contributed by atoms with Gasteiger partial charge in [-0.2, -0.15) is 0 Å². The second-order valence-electron chi connectivity index (χ2n) is 9.08. The highest BCUT2D eigenvalue weighted by atomic mass is 35.5. The van der Waals surface area contributed by atoms with Crippen molar-refractivity contribution < 1.29 is 23.5 Å². The molecule has 0 aliphatic carbocycles. The van der Waals surface area contributed by atoms with Gasteiger partial charge in [-0.15, -0.1) is 0 Å². The number of hydrogen-bond acceptors (Lipinski definition) is 4. The van der Waals surface area contributed by atoms with Gasteiger partial charge in [0.2, 0.25) is 5.91 Å². The molecule has 5 nitrogen and oxygen atoms in total. The van der Waals surface area contributed by atoms with E-state index in [-0.39, 0.29) is 42.2 Å². The van der Waals surface area contributed by atoms with Crippen molar-refractivity contribution in [3.05, 3.63) is 105 Å². The monoisotopic (exact) mass is 562 g/mol. The topological polar surface area (TPSA) is 78.4 Å². The SMILES string of the molecule is CCc1cccc(CNCC(O)C(Cc2cc(F)cc(F)c2)NC(=O)CCC(=O)c2ccc(Cl)c(Cl)c2)c1. The van der Waals surface area contributed by atoms with E-state index in [2.05, 4.69) is 23.6 Å². The molecule has 0 aliphatic heterocycles. The highest BCUT2D eigenvalue weighted by molar-refractivity contribution is 6.42. The fourth-order valence-electron chi connectivity index (χ4n) is 4.05. The summed E-state index contributed by atoms with van der Waals surface area (Å²) in [5.74, 6) is -2.27. The van der Waals surface area contributed by atoms with Gasteiger partial charge in [-0.1, -0.05) is 54.4 Å². The van der Waals surface area contributed by atoms with Crippen molar-refractivity contribution >= 4 is 34.9 Å². The lowest BCUT2D eigenvalue weighted by molar-refractivity contribution is -0.122. The fourth-order valence-corrected chi connectivity index (χ4v) is 4.35. The van der Waals surface area contributed by atoms with Crippen molar-refractivity contribution in [2.24, 2.45) is 0 Å². The van der Waals surface area contributed by atoms with Crippen LogP contribution in [0.25, 0.3) is 0 Å². The highest BCUT2D eigenvalue weighted by Gasteiger charge is 2.23. The number of ketones is 1. The number of halogens is 4. The van der Waals surface area contributed by atoms with Crippen molar-refractivity contribution in [1.82, 2.24) is 10.6 Å². The quantitative estimate of drug-likeness (QED) is 0.234. The summed E-state index contributed by atoms with van der Waals surface area (Å²) >= 11 is 11.9. The second-order valence-corrected chi connectivity index (χ2v) is 9.89. The first-order valence-corrected chi connectivity index (χ1v) is 13.1. The predicted molar refractivity (Wildman–Crippen MR) is 146 cm³/mol. The molecular formula is C29H30Cl2F2N2O3. The minimum atomic E-state index is -1.06. The summed E-state index contributed by atoms with van der Waals surface area (Å²) in [5, 5.41) is 17.3. The van der Waals surface area contributed by atoms with Gasteiger partial charge < -0.3 is 15.7 Å². The standard InChI is InChI=1S/C29H30Cl2F2N2O3/c1-2-18-4-3-5-19(10-18)16-34-17-28(37)26(13-20-11-22(32)15-23(33)12-20)35-29(38)9-8-27(36)21-6-7-24(30)25(31)14-21/h3-7,10-12,14-15,26,28,34,37H,2,8-9,13,16-17H2,1H3,(H,35,38). The Hall–Kier alpha value is -2.84. The largest absolute Gasteiger partial charge is 0.390 e. The van der Waals surface area contributed by atoms with Crippen LogP contribution in [-0.4, -0.2) is 35.5 Å². The van der Waals surface area contributed by atoms with Gasteiger partial charge in [0.1, 0.15) is 11.6 Å². The Morgan fingerprint density at radius 1 is 0.895 bits per heavy atom. The van der Waals surface area contributed by atoms with Crippen molar-refractivity contribution in [2.45, 2.75) is 51.3 Å². The summed E-state index contributed by atoms with van der Waals surface area (Å²) in [5.41, 5.74) is 2.86. The lowest BCUT2D eigenvalue weighted by Gasteiger charge is -2.25. The van der Waals surface area contributed by atoms with Crippen LogP contribution < -0.4 is 10.6 Å². The zero-order valence-electron chi connectivity index (χ0n) is 20.9. The summed E-state index contributed by atoms with van der Waals surface area (Å²) < 4.78 is 27.5. The summed E-state index contributed by atoms with van der Waals surface area (Å²) in [6, 6.07) is 14.7. The summed E-state index contributed by atoms with van der Waals surface area (Å²) in [7, 11) is 0. The zero-order valence-corrected chi connectivity index (χ0v) is 22.5. The van der Waals surface area contributed by atoms with Crippen LogP contribution in [0.1, 0.15) is 46.8 Å². The van der Waals surface area contributed by atoms with E-state index in [1.54, 1.807) is 0 Å². The van der Waals surface area contributed by atoms with E-state index in [1.165, 1.54) is 23.8 Å². The average Bonchev–Trinajstić information content (AvgIpc) is 2.88. The van der Waals surface area contributed by atoms with Crippen molar-refractivity contribution in [3.63, 3.8) is 0 Å². The van der Waals surface area contributed by atoms with Gasteiger partial charge in [0.15, 0.2) is 5.78 Å². The number of rotatable bonds is 13. The third-order valence-corrected chi connectivity index (χ3v) is 6.83. The number of Topliss-reactive ketones (excluding diaryl/α,β-unsaturated/α-hetero) is 1. The van der Waals surface area contributed by atoms with E-state index >= 15 is 0 Å². The fraction of sp³-hybridized carbons (Fsp3) is 0.310. The molecule has 3 aromatic carbocycles. The van der Waals surface area contributed by atoms with E-state index < -0.39 is 29.7 Å². The molecule has 0 aromatic heterocycles. The number of aryl methyl sites for hydroxylation is 1. The first-order valence-electron chi connectivity index (χ1n) is 12.3. The van der Waals surface area contributed by atoms with E-state index in [9.17, 15) is 23.5 Å². The molecule has 0 aliphatic rings. The molecule has 3 N–H and O–H groups in total. The van der Waals surface area contributed by atoms with E-state index in [0.717, 1.165) is 30.2 Å². The number of nitrogens with one attached hydrogen (secondary N) is 2. The Bertz CT molecular complexity index is 1250. The number of aliphatic hydroxyl groups excluding tert-OH is 1. The molecule has 0 spiro atoms. The van der Waals surface area contributed by atoms with Gasteiger partial charge in [0, 0.05) is 37.6 Å². The van der Waals surface area contributed by atoms with Crippen LogP contribution >= 0.6 is 23.2 Å². The van der Waals surface area contributed by atoms with Crippen LogP contribution in [-0.2, 0) is 24.2 Å². The van der Waals surface area contributed by atoms with Gasteiger partial charge in [-0.25, -0.2) is 8.78 Å². The van der Waals surface area contributed by atoms with Crippen LogP contribution in [0.5, 0.6) is 0 Å². The number of benzene rings is 3. The first kappa shape index (κ1) is 29.7. The van der Waals surface area contributed by atoms with E-state index in [1.807, 2.05) is 18.2 Å². The Morgan fingerprint density at radius 2 is 1.61 bits per heavy atom. The molecule has 0 saturated carbocycles. The van der Waals surface area contributed by atoms with Crippen molar-refractivity contribution in [1.29, 1.82) is 0 Å². The molecule has 2 unspecified atom stereocenters. The summed E-state index contributed by atoms with van der Waals surface area (Å²) in [6.07, 6.45) is -0.396. The Balaban J connectivity index is 1.63. The van der Waals surface area contributed by atoms with Crippen LogP contribution in [0.15, 0.2) is 60.7 Å². The Kier molecular flexibility index (Phi) is 11.2. The molecule has 9 heteroatoms. The maximum Gasteiger partial charge on any atom is 0.220 e. The summed E-state index contributed by atoms with van der Waals surface area (Å²) in [6.45, 7) is 2.69. The van der Waals surface area contributed by atoms with Gasteiger partial charge >= 0.3 is 0 Å². The van der Waals surface area contributed by atoms with Crippen LogP contribution in [0.3, 0.4) is 0 Å². The molecule has 3 aromatic rings. The van der Waals surface area contributed by atoms with Crippen LogP contribution in [0, 0.1) is 11.6 Å².